The van der Waals surface area contributed by atoms with Crippen LogP contribution in [0.5, 0.6) is 0 Å². The lowest BCUT2D eigenvalue weighted by Crippen LogP contribution is -1.77. The second-order valence-electron chi connectivity index (χ2n) is 2.37. The van der Waals surface area contributed by atoms with Crippen LogP contribution in [0.1, 0.15) is 19.4 Å². The Kier molecular flexibility index (Phi) is 2.86. The van der Waals surface area contributed by atoms with E-state index in [4.69, 9.17) is 0 Å². The van der Waals surface area contributed by atoms with Crippen molar-refractivity contribution in [3.05, 3.63) is 30.1 Å². The van der Waals surface area contributed by atoms with Crippen molar-refractivity contribution in [1.82, 2.24) is 9.97 Å². The third kappa shape index (κ3) is 1.47. The van der Waals surface area contributed by atoms with Gasteiger partial charge in [-0.15, -0.1) is 0 Å². The van der Waals surface area contributed by atoms with Gasteiger partial charge in [-0.1, -0.05) is 13.8 Å². The average Bonchev–Trinajstić information content (AvgIpc) is 2.57. The third-order valence-corrected chi connectivity index (χ3v) is 1.66. The van der Waals surface area contributed by atoms with Gasteiger partial charge in [-0.3, -0.25) is 4.98 Å². The number of nitrogens with one attached hydrogen (secondary N) is 1. The third-order valence-electron chi connectivity index (χ3n) is 1.66. The van der Waals surface area contributed by atoms with Crippen molar-refractivity contribution in [2.24, 2.45) is 0 Å². The van der Waals surface area contributed by atoms with Crippen LogP contribution in [0.25, 0.3) is 11.0 Å². The molecule has 0 spiro atoms. The van der Waals surface area contributed by atoms with Crippen LogP contribution in [0.2, 0.25) is 0 Å². The van der Waals surface area contributed by atoms with Gasteiger partial charge in [0.25, 0.3) is 0 Å². The lowest BCUT2D eigenvalue weighted by Gasteiger charge is -1.91. The molecule has 0 saturated heterocycles. The Morgan fingerprint density at radius 1 is 1.25 bits per heavy atom. The number of aryl methyl sites for hydroxylation is 1. The topological polar surface area (TPSA) is 28.7 Å². The molecule has 2 rings (SSSR count). The number of hydrogen-bond donors (Lipinski definition) is 1. The molecule has 2 nitrogen and oxygen atoms in total. The molecular weight excluding hydrogens is 148 g/mol. The monoisotopic (exact) mass is 162 g/mol. The number of nitrogens with zero attached hydrogens (tertiary/aromatic N) is 1. The zero-order chi connectivity index (χ0) is 8.97. The summed E-state index contributed by atoms with van der Waals surface area (Å²) < 4.78 is 0. The van der Waals surface area contributed by atoms with E-state index in [1.54, 1.807) is 0 Å². The lowest BCUT2D eigenvalue weighted by atomic mass is 10.2. The van der Waals surface area contributed by atoms with Gasteiger partial charge in [-0.25, -0.2) is 0 Å². The summed E-state index contributed by atoms with van der Waals surface area (Å²) in [6, 6.07) is 3.97. The molecule has 64 valence electrons. The second-order valence-corrected chi connectivity index (χ2v) is 2.37. The van der Waals surface area contributed by atoms with Crippen molar-refractivity contribution in [1.29, 1.82) is 0 Å². The maximum atomic E-state index is 4.17. The highest BCUT2D eigenvalue weighted by Gasteiger charge is 1.95. The Hall–Kier alpha value is -1.31. The van der Waals surface area contributed by atoms with Crippen molar-refractivity contribution in [3.63, 3.8) is 0 Å². The van der Waals surface area contributed by atoms with Crippen LogP contribution in [-0.2, 0) is 0 Å². The molecule has 0 aliphatic heterocycles. The van der Waals surface area contributed by atoms with Gasteiger partial charge in [-0.05, 0) is 24.6 Å². The van der Waals surface area contributed by atoms with Crippen LogP contribution < -0.4 is 0 Å². The number of pyridine rings is 1. The molecule has 0 aliphatic carbocycles. The Morgan fingerprint density at radius 3 is 2.67 bits per heavy atom. The zero-order valence-electron chi connectivity index (χ0n) is 7.76. The summed E-state index contributed by atoms with van der Waals surface area (Å²) >= 11 is 0. The van der Waals surface area contributed by atoms with Crippen LogP contribution in [0.3, 0.4) is 0 Å². The molecule has 2 heteroatoms. The van der Waals surface area contributed by atoms with Crippen LogP contribution >= 0.6 is 0 Å². The predicted octanol–water partition coefficient (Wildman–Crippen LogP) is 2.90. The molecule has 0 amide bonds. The molecule has 0 saturated carbocycles. The summed E-state index contributed by atoms with van der Waals surface area (Å²) in [7, 11) is 0. The first kappa shape index (κ1) is 8.78. The van der Waals surface area contributed by atoms with Crippen molar-refractivity contribution in [3.8, 4) is 0 Å². The maximum absolute atomic E-state index is 4.17. The minimum absolute atomic E-state index is 1.04. The van der Waals surface area contributed by atoms with Gasteiger partial charge in [-0.2, -0.15) is 0 Å². The predicted molar refractivity (Wildman–Crippen MR) is 52.2 cm³/mol. The molecule has 0 unspecified atom stereocenters. The van der Waals surface area contributed by atoms with Gasteiger partial charge >= 0.3 is 0 Å². The average molecular weight is 162 g/mol. The first-order valence-corrected chi connectivity index (χ1v) is 4.26. The van der Waals surface area contributed by atoms with Crippen LogP contribution in [-0.4, -0.2) is 9.97 Å². The SMILES string of the molecule is CC.Cc1ccnc2cc[nH]c12. The van der Waals surface area contributed by atoms with Gasteiger partial charge in [0.1, 0.15) is 0 Å². The fraction of sp³-hybridized carbons (Fsp3) is 0.300. The van der Waals surface area contributed by atoms with E-state index >= 15 is 0 Å². The summed E-state index contributed by atoms with van der Waals surface area (Å²) in [6.45, 7) is 6.07. The molecule has 0 aromatic carbocycles. The van der Waals surface area contributed by atoms with Crippen molar-refractivity contribution < 1.29 is 0 Å². The highest BCUT2D eigenvalue weighted by Crippen LogP contribution is 2.11. The molecule has 0 aliphatic rings. The molecule has 1 N–H and O–H groups in total. The molecule has 0 bridgehead atoms. The number of H-pyrrole nitrogens is 1. The Labute approximate surface area is 72.6 Å². The molecule has 12 heavy (non-hydrogen) atoms. The minimum Gasteiger partial charge on any atom is -0.360 e. The largest absolute Gasteiger partial charge is 0.360 e. The Balaban J connectivity index is 0.000000336. The fourth-order valence-corrected chi connectivity index (χ4v) is 1.10. The second kappa shape index (κ2) is 3.90. The van der Waals surface area contributed by atoms with Gasteiger partial charge in [0.2, 0.25) is 0 Å². The highest BCUT2D eigenvalue weighted by atomic mass is 14.7. The summed E-state index contributed by atoms with van der Waals surface area (Å²) in [4.78, 5) is 7.30. The standard InChI is InChI=1S/C8H8N2.C2H6/c1-6-2-4-9-7-3-5-10-8(6)7;1-2/h2-5,10H,1H3;1-2H3. The summed E-state index contributed by atoms with van der Waals surface area (Å²) in [5.74, 6) is 0. The number of aromatic nitrogens is 2. The molecule has 0 radical (unpaired) electrons. The fourth-order valence-electron chi connectivity index (χ4n) is 1.10. The van der Waals surface area contributed by atoms with Crippen molar-refractivity contribution >= 4 is 11.0 Å². The van der Waals surface area contributed by atoms with E-state index in [0.717, 1.165) is 11.0 Å². The Bertz CT molecular complexity index is 349. The molecule has 0 fully saturated rings. The van der Waals surface area contributed by atoms with E-state index in [0.29, 0.717) is 0 Å². The normalized spacial score (nSPS) is 9.25. The molecule has 0 atom stereocenters. The number of rotatable bonds is 0. The zero-order valence-corrected chi connectivity index (χ0v) is 7.76. The van der Waals surface area contributed by atoms with Gasteiger partial charge in [0.05, 0.1) is 11.0 Å². The first-order chi connectivity index (χ1) is 5.88. The van der Waals surface area contributed by atoms with E-state index in [1.807, 2.05) is 38.4 Å². The number of fused-ring (bicyclic) bond motifs is 1. The molecule has 2 aromatic rings. The summed E-state index contributed by atoms with van der Waals surface area (Å²) in [5, 5.41) is 0. The number of aromatic amines is 1. The quantitative estimate of drug-likeness (QED) is 0.634. The van der Waals surface area contributed by atoms with Gasteiger partial charge < -0.3 is 4.98 Å². The minimum atomic E-state index is 1.04. The Morgan fingerprint density at radius 2 is 2.00 bits per heavy atom. The highest BCUT2D eigenvalue weighted by molar-refractivity contribution is 5.77. The van der Waals surface area contributed by atoms with E-state index in [2.05, 4.69) is 16.9 Å². The molecule has 2 aromatic heterocycles. The molecular formula is C10H14N2. The van der Waals surface area contributed by atoms with Crippen molar-refractivity contribution in [2.45, 2.75) is 20.8 Å². The van der Waals surface area contributed by atoms with Crippen LogP contribution in [0.4, 0.5) is 0 Å². The smallest absolute Gasteiger partial charge is 0.0881 e. The van der Waals surface area contributed by atoms with Crippen LogP contribution in [0, 0.1) is 6.92 Å². The maximum Gasteiger partial charge on any atom is 0.0881 e. The summed E-state index contributed by atoms with van der Waals surface area (Å²) in [6.07, 6.45) is 3.73. The van der Waals surface area contributed by atoms with E-state index in [-0.39, 0.29) is 0 Å². The van der Waals surface area contributed by atoms with E-state index in [1.165, 1.54) is 5.56 Å². The van der Waals surface area contributed by atoms with Crippen molar-refractivity contribution in [2.75, 3.05) is 0 Å². The van der Waals surface area contributed by atoms with E-state index < -0.39 is 0 Å². The van der Waals surface area contributed by atoms with Gasteiger partial charge in [0.15, 0.2) is 0 Å². The van der Waals surface area contributed by atoms with E-state index in [9.17, 15) is 0 Å². The number of hydrogen-bond acceptors (Lipinski definition) is 1. The molecule has 2 heterocycles. The van der Waals surface area contributed by atoms with Crippen LogP contribution in [0.15, 0.2) is 24.5 Å². The summed E-state index contributed by atoms with van der Waals surface area (Å²) in [5.41, 5.74) is 3.43. The first-order valence-electron chi connectivity index (χ1n) is 4.26. The lowest BCUT2D eigenvalue weighted by molar-refractivity contribution is 1.35. The van der Waals surface area contributed by atoms with Gasteiger partial charge in [0, 0.05) is 12.4 Å².